The Morgan fingerprint density at radius 1 is 0.667 bits per heavy atom. The number of carbonyl (C=O) groups is 3. The third-order valence-electron chi connectivity index (χ3n) is 6.16. The lowest BCUT2D eigenvalue weighted by atomic mass is 10.1. The molecule has 0 saturated carbocycles. The predicted octanol–water partition coefficient (Wildman–Crippen LogP) is 5.80. The minimum atomic E-state index is -0.235. The van der Waals surface area contributed by atoms with Gasteiger partial charge in [-0.2, -0.15) is 0 Å². The van der Waals surface area contributed by atoms with Crippen molar-refractivity contribution < 1.29 is 14.4 Å². The van der Waals surface area contributed by atoms with E-state index in [1.54, 1.807) is 48.5 Å². The zero-order valence-corrected chi connectivity index (χ0v) is 21.8. The smallest absolute Gasteiger partial charge is 0.251 e. The normalized spacial score (nSPS) is 11.2. The summed E-state index contributed by atoms with van der Waals surface area (Å²) in [6.45, 7) is 1.99. The molecule has 198 valence electrons. The second-order valence-electron chi connectivity index (χ2n) is 9.20. The molecule has 0 fully saturated rings. The molecule has 0 radical (unpaired) electrons. The minimum absolute atomic E-state index is 0.0459. The zero-order valence-electron chi connectivity index (χ0n) is 21.8. The first kappa shape index (κ1) is 27.1. The summed E-state index contributed by atoms with van der Waals surface area (Å²) in [5.41, 5.74) is 4.60. The highest BCUT2D eigenvalue weighted by molar-refractivity contribution is 5.96. The molecule has 0 saturated heterocycles. The van der Waals surface area contributed by atoms with Crippen LogP contribution in [0.25, 0.3) is 0 Å². The lowest BCUT2D eigenvalue weighted by Gasteiger charge is -2.14. The van der Waals surface area contributed by atoms with Crippen LogP contribution >= 0.6 is 0 Å². The second-order valence-corrected chi connectivity index (χ2v) is 9.20. The topological polar surface area (TPSA) is 99.3 Å². The molecule has 0 aliphatic carbocycles. The van der Waals surface area contributed by atoms with E-state index in [0.717, 1.165) is 16.8 Å². The highest BCUT2D eigenvalue weighted by Crippen LogP contribution is 2.17. The number of nitrogens with one attached hydrogen (secondary N) is 4. The van der Waals surface area contributed by atoms with Crippen LogP contribution in [0.1, 0.15) is 40.9 Å². The van der Waals surface area contributed by atoms with Gasteiger partial charge in [-0.1, -0.05) is 66.7 Å². The first-order valence-corrected chi connectivity index (χ1v) is 12.9. The summed E-state index contributed by atoms with van der Waals surface area (Å²) in [6.07, 6.45) is 1.03. The monoisotopic (exact) mass is 520 g/mol. The molecule has 4 aromatic carbocycles. The van der Waals surface area contributed by atoms with Crippen LogP contribution in [0.4, 0.5) is 17.1 Å². The molecular weight excluding hydrogens is 488 g/mol. The van der Waals surface area contributed by atoms with E-state index < -0.39 is 0 Å². The van der Waals surface area contributed by atoms with E-state index >= 15 is 0 Å². The Hall–Kier alpha value is -4.91. The number of carbonyl (C=O) groups excluding carboxylic acids is 3. The molecule has 0 aliphatic rings. The Morgan fingerprint density at radius 2 is 1.28 bits per heavy atom. The van der Waals surface area contributed by atoms with Crippen molar-refractivity contribution in [3.63, 3.8) is 0 Å². The quantitative estimate of drug-likeness (QED) is 0.201. The van der Waals surface area contributed by atoms with Crippen molar-refractivity contribution in [1.82, 2.24) is 5.32 Å². The van der Waals surface area contributed by atoms with Crippen LogP contribution in [0.3, 0.4) is 0 Å². The van der Waals surface area contributed by atoms with Crippen LogP contribution in [0.15, 0.2) is 109 Å². The predicted molar refractivity (Wildman–Crippen MR) is 156 cm³/mol. The van der Waals surface area contributed by atoms with Gasteiger partial charge in [-0.25, -0.2) is 0 Å². The maximum Gasteiger partial charge on any atom is 0.251 e. The number of hydrogen-bond donors (Lipinski definition) is 4. The molecule has 1 unspecified atom stereocenters. The highest BCUT2D eigenvalue weighted by atomic mass is 16.2. The Bertz CT molecular complexity index is 1390. The molecule has 0 bridgehead atoms. The summed E-state index contributed by atoms with van der Waals surface area (Å²) in [7, 11) is 0. The number of anilines is 3. The van der Waals surface area contributed by atoms with E-state index in [9.17, 15) is 14.4 Å². The van der Waals surface area contributed by atoms with Gasteiger partial charge in [-0.15, -0.1) is 0 Å². The van der Waals surface area contributed by atoms with E-state index in [4.69, 9.17) is 0 Å². The van der Waals surface area contributed by atoms with E-state index in [-0.39, 0.29) is 30.3 Å². The fourth-order valence-electron chi connectivity index (χ4n) is 4.03. The first-order chi connectivity index (χ1) is 19.0. The third kappa shape index (κ3) is 8.57. The summed E-state index contributed by atoms with van der Waals surface area (Å²) in [5.74, 6) is -0.487. The molecule has 7 nitrogen and oxygen atoms in total. The number of amides is 3. The van der Waals surface area contributed by atoms with Gasteiger partial charge in [0.05, 0.1) is 12.6 Å². The standard InChI is InChI=1S/C32H32N4O3/c1-23(25-11-6-3-7-12-25)34-32(39)26-16-18-27(19-17-26)33-22-31(38)36-29-14-8-13-28(21-29)35-30(37)20-15-24-9-4-2-5-10-24/h2-14,16-19,21,23,33H,15,20,22H2,1H3,(H,34,39)(H,35,37)(H,36,38). The fourth-order valence-corrected chi connectivity index (χ4v) is 4.03. The maximum absolute atomic E-state index is 12.6. The molecular formula is C32H32N4O3. The lowest BCUT2D eigenvalue weighted by Crippen LogP contribution is -2.26. The number of rotatable bonds is 11. The van der Waals surface area contributed by atoms with Gasteiger partial charge in [0, 0.05) is 29.0 Å². The van der Waals surface area contributed by atoms with Crippen LogP contribution in [-0.2, 0) is 16.0 Å². The summed E-state index contributed by atoms with van der Waals surface area (Å²) < 4.78 is 0. The molecule has 0 spiro atoms. The molecule has 1 atom stereocenters. The van der Waals surface area contributed by atoms with E-state index in [1.165, 1.54) is 0 Å². The van der Waals surface area contributed by atoms with Crippen LogP contribution in [0.2, 0.25) is 0 Å². The third-order valence-corrected chi connectivity index (χ3v) is 6.16. The molecule has 0 heterocycles. The van der Waals surface area contributed by atoms with Gasteiger partial charge in [0.1, 0.15) is 0 Å². The van der Waals surface area contributed by atoms with Crippen molar-refractivity contribution in [2.45, 2.75) is 25.8 Å². The molecule has 0 aliphatic heterocycles. The van der Waals surface area contributed by atoms with E-state index in [1.807, 2.05) is 67.6 Å². The Balaban J connectivity index is 1.22. The molecule has 4 rings (SSSR count). The van der Waals surface area contributed by atoms with Gasteiger partial charge in [-0.3, -0.25) is 14.4 Å². The Kier molecular flexibility index (Phi) is 9.45. The first-order valence-electron chi connectivity index (χ1n) is 12.9. The number of hydrogen-bond acceptors (Lipinski definition) is 4. The van der Waals surface area contributed by atoms with Crippen molar-refractivity contribution in [2.75, 3.05) is 22.5 Å². The van der Waals surface area contributed by atoms with Gasteiger partial charge in [0.25, 0.3) is 5.91 Å². The number of benzene rings is 4. The zero-order chi connectivity index (χ0) is 27.5. The van der Waals surface area contributed by atoms with Crippen LogP contribution in [-0.4, -0.2) is 24.3 Å². The van der Waals surface area contributed by atoms with Crippen LogP contribution in [0.5, 0.6) is 0 Å². The highest BCUT2D eigenvalue weighted by Gasteiger charge is 2.11. The summed E-state index contributed by atoms with van der Waals surface area (Å²) in [4.78, 5) is 37.4. The Morgan fingerprint density at radius 3 is 1.95 bits per heavy atom. The molecule has 39 heavy (non-hydrogen) atoms. The van der Waals surface area contributed by atoms with Crippen molar-refractivity contribution in [3.8, 4) is 0 Å². The van der Waals surface area contributed by atoms with Crippen molar-refractivity contribution in [2.24, 2.45) is 0 Å². The summed E-state index contributed by atoms with van der Waals surface area (Å²) >= 11 is 0. The average Bonchev–Trinajstić information content (AvgIpc) is 2.96. The van der Waals surface area contributed by atoms with E-state index in [2.05, 4.69) is 21.3 Å². The van der Waals surface area contributed by atoms with Crippen molar-refractivity contribution >= 4 is 34.8 Å². The molecule has 7 heteroatoms. The van der Waals surface area contributed by atoms with Crippen molar-refractivity contribution in [1.29, 1.82) is 0 Å². The molecule has 0 aromatic heterocycles. The molecule has 4 aromatic rings. The van der Waals surface area contributed by atoms with Gasteiger partial charge in [0.15, 0.2) is 0 Å². The lowest BCUT2D eigenvalue weighted by molar-refractivity contribution is -0.116. The van der Waals surface area contributed by atoms with E-state index in [0.29, 0.717) is 29.8 Å². The maximum atomic E-state index is 12.6. The second kappa shape index (κ2) is 13.6. The summed E-state index contributed by atoms with van der Waals surface area (Å²) in [6, 6.07) is 33.5. The van der Waals surface area contributed by atoms with Crippen molar-refractivity contribution in [3.05, 3.63) is 126 Å². The SMILES string of the molecule is CC(NC(=O)c1ccc(NCC(=O)Nc2cccc(NC(=O)CCc3ccccc3)c2)cc1)c1ccccc1. The van der Waals surface area contributed by atoms with Gasteiger partial charge in [-0.05, 0) is 66.9 Å². The largest absolute Gasteiger partial charge is 0.376 e. The fraction of sp³-hybridized carbons (Fsp3) is 0.156. The molecule has 4 N–H and O–H groups in total. The molecule has 3 amide bonds. The van der Waals surface area contributed by atoms with Gasteiger partial charge in [0.2, 0.25) is 11.8 Å². The van der Waals surface area contributed by atoms with Gasteiger partial charge >= 0.3 is 0 Å². The Labute approximate surface area is 228 Å². The summed E-state index contributed by atoms with van der Waals surface area (Å²) in [5, 5.41) is 11.8. The van der Waals surface area contributed by atoms with Crippen LogP contribution < -0.4 is 21.3 Å². The average molecular weight is 521 g/mol. The number of aryl methyl sites for hydroxylation is 1. The van der Waals surface area contributed by atoms with Gasteiger partial charge < -0.3 is 21.3 Å². The van der Waals surface area contributed by atoms with Crippen LogP contribution in [0, 0.1) is 0 Å². The minimum Gasteiger partial charge on any atom is -0.376 e.